The maximum atomic E-state index is 12.6. The van der Waals surface area contributed by atoms with Gasteiger partial charge >= 0.3 is 6.09 Å². The van der Waals surface area contributed by atoms with E-state index in [0.29, 0.717) is 0 Å². The molecule has 2 bridgehead atoms. The van der Waals surface area contributed by atoms with E-state index in [4.69, 9.17) is 18.7 Å². The summed E-state index contributed by atoms with van der Waals surface area (Å²) < 4.78 is 20.8. The Bertz CT molecular complexity index is 879. The summed E-state index contributed by atoms with van der Waals surface area (Å²) in [6, 6.07) is -2.02. The van der Waals surface area contributed by atoms with Gasteiger partial charge in [0.2, 0.25) is 23.8 Å². The molecule has 0 fully saturated rings. The van der Waals surface area contributed by atoms with Crippen LogP contribution in [0.25, 0.3) is 0 Å². The number of carbonyl (C=O) groups excluding carboxylic acids is 4. The van der Waals surface area contributed by atoms with E-state index in [1.54, 1.807) is 0 Å². The second-order valence-electron chi connectivity index (χ2n) is 7.72. The SMILES string of the molecule is CNC(=O)C[C@@H]1NC(=O)O[C@@H](C(C)O)C(=O)NCCOCCOCC(=O)N[C@@H](CCO)c2noc1n2. The van der Waals surface area contributed by atoms with E-state index in [0.717, 1.165) is 0 Å². The van der Waals surface area contributed by atoms with Crippen molar-refractivity contribution in [3.05, 3.63) is 11.7 Å². The standard InChI is InChI=1S/C20H32N6O10/c1-11(28)16-18(31)22-4-6-33-7-8-34-10-15(30)23-12(3-5-27)17-25-19(36-26-17)13(9-14(29)21-2)24-20(32)35-16/h11-13,16,27-28H,3-10H2,1-2H3,(H,21,29)(H,22,31)(H,23,30)(H,24,32)/t11?,12-,13-,16-/m0/s1. The number of rotatable bonds is 5. The first-order chi connectivity index (χ1) is 17.2. The summed E-state index contributed by atoms with van der Waals surface area (Å²) in [7, 11) is 1.39. The third-order valence-electron chi connectivity index (χ3n) is 4.86. The van der Waals surface area contributed by atoms with Crippen molar-refractivity contribution in [1.82, 2.24) is 31.4 Å². The van der Waals surface area contributed by atoms with Crippen LogP contribution in [-0.4, -0.2) is 103 Å². The summed E-state index contributed by atoms with van der Waals surface area (Å²) in [5.41, 5.74) is 0. The molecular formula is C20H32N6O10. The van der Waals surface area contributed by atoms with Crippen LogP contribution in [0.1, 0.15) is 43.6 Å². The Morgan fingerprint density at radius 3 is 2.61 bits per heavy atom. The van der Waals surface area contributed by atoms with Gasteiger partial charge in [-0.2, -0.15) is 4.98 Å². The number of aromatic nitrogens is 2. The molecule has 4 atom stereocenters. The molecule has 0 aliphatic carbocycles. The largest absolute Gasteiger partial charge is 0.433 e. The molecule has 16 heteroatoms. The van der Waals surface area contributed by atoms with E-state index in [1.165, 1.54) is 14.0 Å². The van der Waals surface area contributed by atoms with Crippen molar-refractivity contribution in [3.8, 4) is 0 Å². The highest BCUT2D eigenvalue weighted by molar-refractivity contribution is 5.84. The average Bonchev–Trinajstić information content (AvgIpc) is 3.32. The second-order valence-corrected chi connectivity index (χ2v) is 7.72. The van der Waals surface area contributed by atoms with Crippen molar-refractivity contribution < 1.29 is 48.1 Å². The lowest BCUT2D eigenvalue weighted by atomic mass is 10.2. The van der Waals surface area contributed by atoms with Crippen LogP contribution >= 0.6 is 0 Å². The fourth-order valence-corrected chi connectivity index (χ4v) is 3.04. The molecule has 1 aliphatic rings. The van der Waals surface area contributed by atoms with Gasteiger partial charge in [0.1, 0.15) is 12.6 Å². The predicted octanol–water partition coefficient (Wildman–Crippen LogP) is -2.57. The molecule has 1 aliphatic heterocycles. The summed E-state index contributed by atoms with van der Waals surface area (Å²) in [5.74, 6) is -1.96. The van der Waals surface area contributed by atoms with Gasteiger partial charge in [0.05, 0.1) is 38.4 Å². The van der Waals surface area contributed by atoms with Crippen LogP contribution in [0.5, 0.6) is 0 Å². The number of nitrogens with one attached hydrogen (secondary N) is 4. The topological polar surface area (TPSA) is 223 Å². The molecule has 6 N–H and O–H groups in total. The third-order valence-corrected chi connectivity index (χ3v) is 4.86. The zero-order valence-corrected chi connectivity index (χ0v) is 20.0. The molecule has 0 radical (unpaired) electrons. The van der Waals surface area contributed by atoms with Crippen molar-refractivity contribution in [2.75, 3.05) is 46.6 Å². The number of nitrogens with zero attached hydrogens (tertiary/aromatic N) is 2. The molecule has 0 saturated heterocycles. The van der Waals surface area contributed by atoms with Gasteiger partial charge in [-0.15, -0.1) is 0 Å². The maximum Gasteiger partial charge on any atom is 0.408 e. The van der Waals surface area contributed by atoms with E-state index < -0.39 is 48.1 Å². The smallest absolute Gasteiger partial charge is 0.408 e. The number of amides is 4. The number of aliphatic hydroxyl groups is 2. The zero-order chi connectivity index (χ0) is 26.5. The van der Waals surface area contributed by atoms with Crippen LogP contribution in [0.4, 0.5) is 4.79 Å². The first kappa shape index (κ1) is 28.9. The highest BCUT2D eigenvalue weighted by Gasteiger charge is 2.31. The van der Waals surface area contributed by atoms with E-state index >= 15 is 0 Å². The predicted molar refractivity (Wildman–Crippen MR) is 118 cm³/mol. The summed E-state index contributed by atoms with van der Waals surface area (Å²) >= 11 is 0. The van der Waals surface area contributed by atoms with E-state index in [-0.39, 0.29) is 64.1 Å². The minimum absolute atomic E-state index is 0.0107. The second kappa shape index (κ2) is 14.9. The molecule has 2 rings (SSSR count). The van der Waals surface area contributed by atoms with Gasteiger partial charge in [0.25, 0.3) is 5.91 Å². The van der Waals surface area contributed by atoms with Crippen LogP contribution < -0.4 is 21.3 Å². The van der Waals surface area contributed by atoms with Gasteiger partial charge < -0.3 is 50.2 Å². The van der Waals surface area contributed by atoms with Gasteiger partial charge in [-0.05, 0) is 13.3 Å². The zero-order valence-electron chi connectivity index (χ0n) is 20.0. The molecule has 4 amide bonds. The first-order valence-electron chi connectivity index (χ1n) is 11.3. The third kappa shape index (κ3) is 9.37. The van der Waals surface area contributed by atoms with Gasteiger partial charge in [0, 0.05) is 20.2 Å². The molecular weight excluding hydrogens is 484 g/mol. The highest BCUT2D eigenvalue weighted by atomic mass is 16.6. The molecule has 1 unspecified atom stereocenters. The summed E-state index contributed by atoms with van der Waals surface area (Å²) in [6.07, 6.45) is -4.32. The van der Waals surface area contributed by atoms with Crippen LogP contribution in [0, 0.1) is 0 Å². The Kier molecular flexibility index (Phi) is 12.0. The molecule has 36 heavy (non-hydrogen) atoms. The normalized spacial score (nSPS) is 23.9. The summed E-state index contributed by atoms with van der Waals surface area (Å²) in [6.45, 7) is 1.06. The van der Waals surface area contributed by atoms with Crippen molar-refractivity contribution >= 4 is 23.8 Å². The Morgan fingerprint density at radius 1 is 1.17 bits per heavy atom. The van der Waals surface area contributed by atoms with Crippen molar-refractivity contribution in [3.63, 3.8) is 0 Å². The number of aliphatic hydroxyl groups excluding tert-OH is 2. The fourth-order valence-electron chi connectivity index (χ4n) is 3.04. The van der Waals surface area contributed by atoms with Crippen LogP contribution in [0.3, 0.4) is 0 Å². The summed E-state index contributed by atoms with van der Waals surface area (Å²) in [4.78, 5) is 53.4. The minimum atomic E-state index is -1.55. The highest BCUT2D eigenvalue weighted by Crippen LogP contribution is 2.20. The fraction of sp³-hybridized carbons (Fsp3) is 0.700. The van der Waals surface area contributed by atoms with Gasteiger partial charge in [-0.3, -0.25) is 14.4 Å². The van der Waals surface area contributed by atoms with Gasteiger partial charge in [-0.1, -0.05) is 5.16 Å². The molecule has 0 aromatic carbocycles. The number of hydrogen-bond donors (Lipinski definition) is 6. The van der Waals surface area contributed by atoms with E-state index in [2.05, 4.69) is 31.4 Å². The lowest BCUT2D eigenvalue weighted by Gasteiger charge is -2.22. The van der Waals surface area contributed by atoms with Crippen LogP contribution in [-0.2, 0) is 28.6 Å². The number of ether oxygens (including phenoxy) is 3. The van der Waals surface area contributed by atoms with Crippen LogP contribution in [0.2, 0.25) is 0 Å². The Balaban J connectivity index is 2.30. The monoisotopic (exact) mass is 516 g/mol. The number of fused-ring (bicyclic) bond motifs is 2. The number of cyclic esters (lactones) is 1. The number of alkyl carbamates (subject to hydrolysis) is 1. The molecule has 0 spiro atoms. The molecule has 1 aromatic rings. The lowest BCUT2D eigenvalue weighted by molar-refractivity contribution is -0.135. The van der Waals surface area contributed by atoms with E-state index in [9.17, 15) is 29.4 Å². The molecule has 16 nitrogen and oxygen atoms in total. The average molecular weight is 517 g/mol. The van der Waals surface area contributed by atoms with Crippen molar-refractivity contribution in [2.24, 2.45) is 0 Å². The number of hydrogen-bond acceptors (Lipinski definition) is 12. The Labute approximate surface area is 206 Å². The minimum Gasteiger partial charge on any atom is -0.433 e. The molecule has 2 heterocycles. The maximum absolute atomic E-state index is 12.6. The molecule has 0 saturated carbocycles. The Morgan fingerprint density at radius 2 is 1.92 bits per heavy atom. The van der Waals surface area contributed by atoms with Gasteiger partial charge in [0.15, 0.2) is 5.82 Å². The van der Waals surface area contributed by atoms with Gasteiger partial charge in [-0.25, -0.2) is 4.79 Å². The lowest BCUT2D eigenvalue weighted by Crippen LogP contribution is -2.47. The molecule has 202 valence electrons. The molecule has 1 aromatic heterocycles. The summed E-state index contributed by atoms with van der Waals surface area (Å²) in [5, 5.41) is 33.0. The van der Waals surface area contributed by atoms with Crippen molar-refractivity contribution in [1.29, 1.82) is 0 Å². The first-order valence-corrected chi connectivity index (χ1v) is 11.3. The Hall–Kier alpha value is -3.34. The number of carbonyl (C=O) groups is 4. The van der Waals surface area contributed by atoms with Crippen molar-refractivity contribution in [2.45, 2.75) is 44.1 Å². The van der Waals surface area contributed by atoms with Crippen LogP contribution in [0.15, 0.2) is 4.52 Å². The van der Waals surface area contributed by atoms with E-state index in [1.807, 2.05) is 0 Å². The quantitative estimate of drug-likeness (QED) is 0.237.